The number of nitrogens with two attached hydrogens (primary N) is 1. The molecule has 0 atom stereocenters. The smallest absolute Gasteiger partial charge is 0.124 e. The van der Waals surface area contributed by atoms with Crippen molar-refractivity contribution in [2.45, 2.75) is 46.0 Å². The lowest BCUT2D eigenvalue weighted by Gasteiger charge is -2.23. The molecular weight excluding hydrogens is 448 g/mol. The van der Waals surface area contributed by atoms with Crippen LogP contribution in [0, 0.1) is 5.92 Å². The molecule has 0 unspecified atom stereocenters. The van der Waals surface area contributed by atoms with Crippen LogP contribution in [0.4, 0.5) is 5.69 Å². The predicted octanol–water partition coefficient (Wildman–Crippen LogP) is 6.09. The Kier molecular flexibility index (Phi) is 8.42. The van der Waals surface area contributed by atoms with Crippen molar-refractivity contribution in [2.24, 2.45) is 5.92 Å². The Morgan fingerprint density at radius 1 is 1.00 bits per heavy atom. The number of likely N-dealkylation sites (N-methyl/N-ethyl adjacent to an activating group) is 1. The maximum absolute atomic E-state index is 10.8. The zero-order valence-corrected chi connectivity index (χ0v) is 22.1. The molecule has 0 heterocycles. The van der Waals surface area contributed by atoms with Crippen LogP contribution in [0.15, 0.2) is 48.5 Å². The maximum atomic E-state index is 10.8. The lowest BCUT2D eigenvalue weighted by atomic mass is 9.84. The lowest BCUT2D eigenvalue weighted by Crippen LogP contribution is -2.27. The molecule has 5 heteroatoms. The van der Waals surface area contributed by atoms with Crippen molar-refractivity contribution >= 4 is 5.69 Å². The van der Waals surface area contributed by atoms with Crippen LogP contribution in [0.2, 0.25) is 0 Å². The van der Waals surface area contributed by atoms with Gasteiger partial charge in [-0.25, -0.2) is 0 Å². The molecule has 5 nitrogen and oxygen atoms in total. The van der Waals surface area contributed by atoms with E-state index >= 15 is 0 Å². The Bertz CT molecular complexity index is 1170. The first-order valence-electron chi connectivity index (χ1n) is 13.1. The van der Waals surface area contributed by atoms with Crippen LogP contribution in [0.25, 0.3) is 11.1 Å². The third kappa shape index (κ3) is 5.96. The quantitative estimate of drug-likeness (QED) is 0.338. The Hall–Kier alpha value is -3.18. The first kappa shape index (κ1) is 25.9. The van der Waals surface area contributed by atoms with Gasteiger partial charge in [0.1, 0.15) is 23.9 Å². The van der Waals surface area contributed by atoms with Crippen molar-refractivity contribution < 1.29 is 14.6 Å². The highest BCUT2D eigenvalue weighted by Gasteiger charge is 2.22. The average Bonchev–Trinajstić information content (AvgIpc) is 2.86. The fraction of sp³-hybridized carbons (Fsp3) is 0.419. The fourth-order valence-electron chi connectivity index (χ4n) is 5.29. The zero-order chi connectivity index (χ0) is 25.7. The van der Waals surface area contributed by atoms with Crippen molar-refractivity contribution in [2.75, 3.05) is 39.6 Å². The fourth-order valence-corrected chi connectivity index (χ4v) is 5.29. The number of ether oxygens (including phenoxy) is 2. The van der Waals surface area contributed by atoms with Crippen molar-refractivity contribution in [3.05, 3.63) is 70.8 Å². The number of fused-ring (bicyclic) bond motifs is 1. The maximum Gasteiger partial charge on any atom is 0.124 e. The van der Waals surface area contributed by atoms with Gasteiger partial charge in [0.05, 0.1) is 7.11 Å². The summed E-state index contributed by atoms with van der Waals surface area (Å²) in [7, 11) is 3.80. The van der Waals surface area contributed by atoms with Gasteiger partial charge >= 0.3 is 0 Å². The SMILES string of the molecule is COc1ccc(-c2c(O)ccc3c2CCCC3)c(N)c1Cc1ccc(OCCN(C)CC(C)C)cc1. The largest absolute Gasteiger partial charge is 0.507 e. The normalized spacial score (nSPS) is 13.2. The van der Waals surface area contributed by atoms with Gasteiger partial charge in [-0.3, -0.25) is 0 Å². The number of hydrogen-bond acceptors (Lipinski definition) is 5. The average molecular weight is 489 g/mol. The summed E-state index contributed by atoms with van der Waals surface area (Å²) in [5.41, 5.74) is 13.8. The summed E-state index contributed by atoms with van der Waals surface area (Å²) in [5, 5.41) is 10.8. The number of methoxy groups -OCH3 is 1. The monoisotopic (exact) mass is 488 g/mol. The van der Waals surface area contributed by atoms with Gasteiger partial charge < -0.3 is 25.2 Å². The first-order valence-corrected chi connectivity index (χ1v) is 13.1. The molecule has 0 amide bonds. The molecule has 0 spiro atoms. The van der Waals surface area contributed by atoms with E-state index in [-0.39, 0.29) is 0 Å². The molecule has 0 fully saturated rings. The summed E-state index contributed by atoms with van der Waals surface area (Å²) in [5.74, 6) is 2.56. The molecule has 1 aliphatic rings. The van der Waals surface area contributed by atoms with E-state index in [0.29, 0.717) is 30.4 Å². The number of rotatable bonds is 10. The minimum Gasteiger partial charge on any atom is -0.507 e. The number of benzene rings is 3. The van der Waals surface area contributed by atoms with Crippen molar-refractivity contribution in [1.82, 2.24) is 4.90 Å². The number of anilines is 1. The Morgan fingerprint density at radius 2 is 1.75 bits per heavy atom. The van der Waals surface area contributed by atoms with Crippen LogP contribution < -0.4 is 15.2 Å². The first-order chi connectivity index (χ1) is 17.4. The number of aromatic hydroxyl groups is 1. The number of hydrogen-bond donors (Lipinski definition) is 2. The molecule has 3 aromatic rings. The molecule has 0 bridgehead atoms. The van der Waals surface area contributed by atoms with Gasteiger partial charge in [-0.2, -0.15) is 0 Å². The van der Waals surface area contributed by atoms with Gasteiger partial charge in [0, 0.05) is 41.9 Å². The summed E-state index contributed by atoms with van der Waals surface area (Å²) in [4.78, 5) is 2.29. The zero-order valence-electron chi connectivity index (χ0n) is 22.1. The van der Waals surface area contributed by atoms with Crippen LogP contribution in [-0.2, 0) is 19.3 Å². The minimum atomic E-state index is 0.291. The molecule has 3 N–H and O–H groups in total. The second kappa shape index (κ2) is 11.7. The molecule has 0 aliphatic heterocycles. The van der Waals surface area contributed by atoms with E-state index in [4.69, 9.17) is 15.2 Å². The van der Waals surface area contributed by atoms with Crippen LogP contribution in [-0.4, -0.2) is 43.9 Å². The van der Waals surface area contributed by atoms with E-state index < -0.39 is 0 Å². The van der Waals surface area contributed by atoms with E-state index in [2.05, 4.69) is 44.0 Å². The standard InChI is InChI=1S/C31H40N2O3/c1-21(2)20-33(3)17-18-36-24-12-9-22(10-13-24)19-27-29(35-4)16-14-26(31(27)32)30-25-8-6-5-7-23(25)11-15-28(30)34/h9-16,21,34H,5-8,17-20,32H2,1-4H3. The number of nitrogen functional groups attached to an aromatic ring is 1. The number of aryl methyl sites for hydroxylation is 1. The second-order valence-corrected chi connectivity index (χ2v) is 10.3. The predicted molar refractivity (Wildman–Crippen MR) is 148 cm³/mol. The lowest BCUT2D eigenvalue weighted by molar-refractivity contribution is 0.223. The van der Waals surface area contributed by atoms with Crippen molar-refractivity contribution in [3.63, 3.8) is 0 Å². The van der Waals surface area contributed by atoms with E-state index in [1.54, 1.807) is 7.11 Å². The number of nitrogens with zero attached hydrogens (tertiary/aromatic N) is 1. The van der Waals surface area contributed by atoms with Crippen molar-refractivity contribution in [1.29, 1.82) is 0 Å². The van der Waals surface area contributed by atoms with Gasteiger partial charge in [0.15, 0.2) is 0 Å². The topological polar surface area (TPSA) is 68.0 Å². The Balaban J connectivity index is 1.54. The number of phenolic OH excluding ortho intramolecular Hbond substituents is 1. The van der Waals surface area contributed by atoms with Crippen LogP contribution in [0.1, 0.15) is 48.9 Å². The Labute approximate surface area is 215 Å². The van der Waals surface area contributed by atoms with E-state index in [0.717, 1.165) is 66.1 Å². The van der Waals surface area contributed by atoms with Gasteiger partial charge in [0.25, 0.3) is 0 Å². The molecule has 0 radical (unpaired) electrons. The summed E-state index contributed by atoms with van der Waals surface area (Å²) in [6, 6.07) is 16.0. The molecule has 0 saturated carbocycles. The van der Waals surface area contributed by atoms with Crippen LogP contribution in [0.3, 0.4) is 0 Å². The molecule has 0 saturated heterocycles. The van der Waals surface area contributed by atoms with E-state index in [9.17, 15) is 5.11 Å². The summed E-state index contributed by atoms with van der Waals surface area (Å²) < 4.78 is 11.6. The highest BCUT2D eigenvalue weighted by Crippen LogP contribution is 2.43. The highest BCUT2D eigenvalue weighted by atomic mass is 16.5. The molecule has 4 rings (SSSR count). The van der Waals surface area contributed by atoms with Gasteiger partial charge in [-0.1, -0.05) is 32.0 Å². The van der Waals surface area contributed by atoms with E-state index in [1.807, 2.05) is 30.3 Å². The summed E-state index contributed by atoms with van der Waals surface area (Å²) in [6.45, 7) is 7.08. The van der Waals surface area contributed by atoms with Crippen LogP contribution >= 0.6 is 0 Å². The Morgan fingerprint density at radius 3 is 2.47 bits per heavy atom. The summed E-state index contributed by atoms with van der Waals surface area (Å²) >= 11 is 0. The van der Waals surface area contributed by atoms with Crippen LogP contribution in [0.5, 0.6) is 17.2 Å². The van der Waals surface area contributed by atoms with E-state index in [1.165, 1.54) is 17.5 Å². The summed E-state index contributed by atoms with van der Waals surface area (Å²) in [6.07, 6.45) is 4.97. The third-order valence-electron chi connectivity index (χ3n) is 7.04. The molecule has 3 aromatic carbocycles. The van der Waals surface area contributed by atoms with Gasteiger partial charge in [0.2, 0.25) is 0 Å². The van der Waals surface area contributed by atoms with Gasteiger partial charge in [-0.05, 0) is 85.7 Å². The molecule has 36 heavy (non-hydrogen) atoms. The minimum absolute atomic E-state index is 0.291. The third-order valence-corrected chi connectivity index (χ3v) is 7.04. The number of phenols is 1. The second-order valence-electron chi connectivity index (χ2n) is 10.3. The molecule has 192 valence electrons. The highest BCUT2D eigenvalue weighted by molar-refractivity contribution is 5.86. The van der Waals surface area contributed by atoms with Crippen molar-refractivity contribution in [3.8, 4) is 28.4 Å². The molecular formula is C31H40N2O3. The molecule has 0 aromatic heterocycles. The van der Waals surface area contributed by atoms with Gasteiger partial charge in [-0.15, -0.1) is 0 Å². The molecule has 1 aliphatic carbocycles.